The quantitative estimate of drug-likeness (QED) is 0.422. The van der Waals surface area contributed by atoms with Crippen molar-refractivity contribution in [3.05, 3.63) is 30.1 Å². The smallest absolute Gasteiger partial charge is 0.191 e. The molecule has 2 fully saturated rings. The Morgan fingerprint density at radius 1 is 1.17 bits per heavy atom. The van der Waals surface area contributed by atoms with E-state index in [0.29, 0.717) is 12.5 Å². The Kier molecular flexibility index (Phi) is 7.09. The number of hydrogen-bond donors (Lipinski definition) is 2. The van der Waals surface area contributed by atoms with Gasteiger partial charge < -0.3 is 20.6 Å². The maximum Gasteiger partial charge on any atom is 0.191 e. The van der Waals surface area contributed by atoms with Crippen LogP contribution in [0.3, 0.4) is 0 Å². The lowest BCUT2D eigenvalue weighted by Gasteiger charge is -2.36. The van der Waals surface area contributed by atoms with Crippen molar-refractivity contribution >= 4 is 35.6 Å². The van der Waals surface area contributed by atoms with Crippen molar-refractivity contribution < 1.29 is 9.50 Å². The summed E-state index contributed by atoms with van der Waals surface area (Å²) in [4.78, 5) is 8.79. The van der Waals surface area contributed by atoms with Crippen molar-refractivity contribution in [3.63, 3.8) is 0 Å². The molecule has 2 aliphatic rings. The van der Waals surface area contributed by atoms with Gasteiger partial charge in [-0.25, -0.2) is 4.39 Å². The zero-order valence-electron chi connectivity index (χ0n) is 13.8. The molecule has 0 spiro atoms. The Labute approximate surface area is 159 Å². The van der Waals surface area contributed by atoms with Crippen LogP contribution in [0.1, 0.15) is 19.3 Å². The van der Waals surface area contributed by atoms with E-state index in [9.17, 15) is 9.50 Å². The van der Waals surface area contributed by atoms with Gasteiger partial charge in [0.25, 0.3) is 0 Å². The lowest BCUT2D eigenvalue weighted by Crippen LogP contribution is -2.51. The number of guanidine groups is 1. The van der Waals surface area contributed by atoms with E-state index in [1.807, 2.05) is 12.1 Å². The summed E-state index contributed by atoms with van der Waals surface area (Å²) in [7, 11) is 0. The molecule has 1 aromatic rings. The average molecular weight is 448 g/mol. The third-order valence-electron chi connectivity index (χ3n) is 4.90. The standard InChI is InChI=1S/C17H25FN4O.HI/c18-14-4-6-15(7-5-14)21-8-10-22(11-9-21)17(19)20-12-13-2-1-3-16(13)23;/h4-7,13,16,23H,1-3,8-12H2,(H2,19,20);1H. The summed E-state index contributed by atoms with van der Waals surface area (Å²) in [5, 5.41) is 9.84. The number of nitrogens with two attached hydrogens (primary N) is 1. The highest BCUT2D eigenvalue weighted by Crippen LogP contribution is 2.25. The van der Waals surface area contributed by atoms with Crippen LogP contribution < -0.4 is 10.6 Å². The summed E-state index contributed by atoms with van der Waals surface area (Å²) in [6, 6.07) is 6.60. The van der Waals surface area contributed by atoms with Gasteiger partial charge in [-0.3, -0.25) is 4.99 Å². The molecule has 0 aromatic heterocycles. The van der Waals surface area contributed by atoms with Crippen LogP contribution in [-0.2, 0) is 0 Å². The van der Waals surface area contributed by atoms with E-state index in [4.69, 9.17) is 5.73 Å². The third kappa shape index (κ3) is 4.72. The Morgan fingerprint density at radius 2 is 1.83 bits per heavy atom. The van der Waals surface area contributed by atoms with Gasteiger partial charge in [0, 0.05) is 44.3 Å². The van der Waals surface area contributed by atoms with Crippen LogP contribution in [0.4, 0.5) is 10.1 Å². The monoisotopic (exact) mass is 448 g/mol. The molecule has 1 saturated heterocycles. The van der Waals surface area contributed by atoms with Crippen LogP contribution >= 0.6 is 24.0 Å². The van der Waals surface area contributed by atoms with E-state index < -0.39 is 0 Å². The number of anilines is 1. The molecule has 1 aliphatic carbocycles. The second-order valence-electron chi connectivity index (χ2n) is 6.41. The summed E-state index contributed by atoms with van der Waals surface area (Å²) in [5.41, 5.74) is 7.14. The first-order chi connectivity index (χ1) is 11.1. The zero-order chi connectivity index (χ0) is 16.2. The second kappa shape index (κ2) is 8.84. The summed E-state index contributed by atoms with van der Waals surface area (Å²) in [5.74, 6) is 0.620. The Morgan fingerprint density at radius 3 is 2.42 bits per heavy atom. The zero-order valence-corrected chi connectivity index (χ0v) is 16.1. The molecule has 3 N–H and O–H groups in total. The van der Waals surface area contributed by atoms with Crippen LogP contribution in [0, 0.1) is 11.7 Å². The molecule has 0 amide bonds. The average Bonchev–Trinajstić information content (AvgIpc) is 2.99. The number of aliphatic hydroxyl groups excluding tert-OH is 1. The van der Waals surface area contributed by atoms with Crippen LogP contribution in [0.5, 0.6) is 0 Å². The summed E-state index contributed by atoms with van der Waals surface area (Å²) < 4.78 is 13.0. The molecule has 1 heterocycles. The second-order valence-corrected chi connectivity index (χ2v) is 6.41. The molecule has 1 aliphatic heterocycles. The highest BCUT2D eigenvalue weighted by Gasteiger charge is 2.25. The fourth-order valence-electron chi connectivity index (χ4n) is 3.39. The van der Waals surface area contributed by atoms with Crippen molar-refractivity contribution in [2.24, 2.45) is 16.6 Å². The van der Waals surface area contributed by atoms with Crippen molar-refractivity contribution in [2.45, 2.75) is 25.4 Å². The predicted octanol–water partition coefficient (Wildman–Crippen LogP) is 2.04. The molecule has 134 valence electrons. The Bertz CT molecular complexity index is 546. The Balaban J connectivity index is 0.00000208. The number of halogens is 2. The minimum absolute atomic E-state index is 0. The van der Waals surface area contributed by atoms with Gasteiger partial charge in [-0.2, -0.15) is 0 Å². The van der Waals surface area contributed by atoms with Crippen LogP contribution in [0.15, 0.2) is 29.3 Å². The van der Waals surface area contributed by atoms with E-state index in [0.717, 1.165) is 51.1 Å². The van der Waals surface area contributed by atoms with Crippen molar-refractivity contribution in [1.82, 2.24) is 4.90 Å². The van der Waals surface area contributed by atoms with Gasteiger partial charge in [0.1, 0.15) is 5.82 Å². The first-order valence-corrected chi connectivity index (χ1v) is 8.37. The number of aliphatic imine (C=N–C) groups is 1. The molecule has 7 heteroatoms. The first kappa shape index (κ1) is 19.2. The topological polar surface area (TPSA) is 65.1 Å². The summed E-state index contributed by atoms with van der Waals surface area (Å²) in [6.45, 7) is 3.91. The normalized spacial score (nSPS) is 24.8. The van der Waals surface area contributed by atoms with E-state index in [1.165, 1.54) is 12.1 Å². The van der Waals surface area contributed by atoms with Gasteiger partial charge in [-0.15, -0.1) is 24.0 Å². The van der Waals surface area contributed by atoms with Gasteiger partial charge in [-0.1, -0.05) is 6.42 Å². The van der Waals surface area contributed by atoms with Gasteiger partial charge in [0.2, 0.25) is 0 Å². The molecule has 0 radical (unpaired) electrons. The highest BCUT2D eigenvalue weighted by molar-refractivity contribution is 14.0. The summed E-state index contributed by atoms with van der Waals surface area (Å²) in [6.07, 6.45) is 2.78. The number of rotatable bonds is 3. The van der Waals surface area contributed by atoms with Gasteiger partial charge in [-0.05, 0) is 37.1 Å². The number of nitrogens with zero attached hydrogens (tertiary/aromatic N) is 3. The molecule has 1 saturated carbocycles. The van der Waals surface area contributed by atoms with Crippen LogP contribution in [0.2, 0.25) is 0 Å². The fourth-order valence-corrected chi connectivity index (χ4v) is 3.39. The first-order valence-electron chi connectivity index (χ1n) is 8.37. The van der Waals surface area contributed by atoms with Crippen LogP contribution in [0.25, 0.3) is 0 Å². The summed E-state index contributed by atoms with van der Waals surface area (Å²) >= 11 is 0. The molecule has 24 heavy (non-hydrogen) atoms. The van der Waals surface area contributed by atoms with E-state index in [2.05, 4.69) is 14.8 Å². The molecule has 1 aromatic carbocycles. The molecule has 2 atom stereocenters. The van der Waals surface area contributed by atoms with Crippen molar-refractivity contribution in [1.29, 1.82) is 0 Å². The van der Waals surface area contributed by atoms with E-state index in [1.54, 1.807) is 0 Å². The van der Waals surface area contributed by atoms with Crippen molar-refractivity contribution in [2.75, 3.05) is 37.6 Å². The lowest BCUT2D eigenvalue weighted by atomic mass is 10.1. The molecule has 5 nitrogen and oxygen atoms in total. The number of piperazine rings is 1. The predicted molar refractivity (Wildman–Crippen MR) is 105 cm³/mol. The fraction of sp³-hybridized carbons (Fsp3) is 0.588. The minimum atomic E-state index is -0.220. The number of hydrogen-bond acceptors (Lipinski definition) is 3. The van der Waals surface area contributed by atoms with Gasteiger partial charge in [0.05, 0.1) is 6.10 Å². The molecule has 2 unspecified atom stereocenters. The van der Waals surface area contributed by atoms with Gasteiger partial charge >= 0.3 is 0 Å². The van der Waals surface area contributed by atoms with Crippen LogP contribution in [-0.4, -0.2) is 54.8 Å². The van der Waals surface area contributed by atoms with Gasteiger partial charge in [0.15, 0.2) is 5.96 Å². The number of aliphatic hydroxyl groups is 1. The molecular formula is C17H26FIN4O. The van der Waals surface area contributed by atoms with E-state index >= 15 is 0 Å². The maximum atomic E-state index is 13.0. The molecular weight excluding hydrogens is 422 g/mol. The largest absolute Gasteiger partial charge is 0.393 e. The minimum Gasteiger partial charge on any atom is -0.393 e. The third-order valence-corrected chi connectivity index (χ3v) is 4.90. The van der Waals surface area contributed by atoms with Crippen molar-refractivity contribution in [3.8, 4) is 0 Å². The molecule has 3 rings (SSSR count). The maximum absolute atomic E-state index is 13.0. The number of benzene rings is 1. The molecule has 0 bridgehead atoms. The highest BCUT2D eigenvalue weighted by atomic mass is 127. The van der Waals surface area contributed by atoms with E-state index in [-0.39, 0.29) is 41.8 Å². The Hall–Kier alpha value is -1.09. The lowest BCUT2D eigenvalue weighted by molar-refractivity contribution is 0.136. The SMILES string of the molecule is I.NC(=NCC1CCCC1O)N1CCN(c2ccc(F)cc2)CC1.